The van der Waals surface area contributed by atoms with Crippen LogP contribution in [0.4, 0.5) is 0 Å². The SMILES string of the molecule is Cc1nnc(SC(C)C(=O)N2CCC(C)CC2)n1Cc1ccccc1. The van der Waals surface area contributed by atoms with Gasteiger partial charge in [-0.1, -0.05) is 49.0 Å². The summed E-state index contributed by atoms with van der Waals surface area (Å²) in [6, 6.07) is 10.3. The lowest BCUT2D eigenvalue weighted by Gasteiger charge is -2.31. The second-order valence-electron chi connectivity index (χ2n) is 6.87. The number of amides is 1. The Morgan fingerprint density at radius 1 is 1.24 bits per heavy atom. The second-order valence-corrected chi connectivity index (χ2v) is 8.18. The largest absolute Gasteiger partial charge is 0.342 e. The monoisotopic (exact) mass is 358 g/mol. The molecule has 1 aromatic heterocycles. The van der Waals surface area contributed by atoms with Crippen LogP contribution in [0.25, 0.3) is 0 Å². The molecule has 1 saturated heterocycles. The lowest BCUT2D eigenvalue weighted by Crippen LogP contribution is -2.41. The second kappa shape index (κ2) is 8.04. The molecule has 1 aromatic carbocycles. The van der Waals surface area contributed by atoms with Crippen molar-refractivity contribution in [1.82, 2.24) is 19.7 Å². The molecule has 0 radical (unpaired) electrons. The van der Waals surface area contributed by atoms with Crippen molar-refractivity contribution in [2.45, 2.75) is 50.6 Å². The molecule has 2 heterocycles. The third-order valence-electron chi connectivity index (χ3n) is 4.81. The van der Waals surface area contributed by atoms with E-state index < -0.39 is 0 Å². The van der Waals surface area contributed by atoms with E-state index in [2.05, 4.69) is 33.8 Å². The molecule has 1 amide bonds. The first-order valence-corrected chi connectivity index (χ1v) is 9.81. The number of hydrogen-bond acceptors (Lipinski definition) is 4. The first-order chi connectivity index (χ1) is 12.0. The predicted molar refractivity (Wildman–Crippen MR) is 101 cm³/mol. The van der Waals surface area contributed by atoms with Gasteiger partial charge >= 0.3 is 0 Å². The van der Waals surface area contributed by atoms with E-state index in [4.69, 9.17) is 0 Å². The molecule has 5 nitrogen and oxygen atoms in total. The highest BCUT2D eigenvalue weighted by Gasteiger charge is 2.26. The molecule has 3 rings (SSSR count). The summed E-state index contributed by atoms with van der Waals surface area (Å²) in [6.07, 6.45) is 2.21. The summed E-state index contributed by atoms with van der Waals surface area (Å²) in [5.41, 5.74) is 1.20. The Balaban J connectivity index is 1.67. The Morgan fingerprint density at radius 3 is 2.60 bits per heavy atom. The molecule has 1 aliphatic rings. The molecule has 1 aliphatic heterocycles. The van der Waals surface area contributed by atoms with Crippen LogP contribution in [0.5, 0.6) is 0 Å². The van der Waals surface area contributed by atoms with Crippen LogP contribution in [-0.4, -0.2) is 43.9 Å². The van der Waals surface area contributed by atoms with E-state index in [1.54, 1.807) is 0 Å². The summed E-state index contributed by atoms with van der Waals surface area (Å²) in [5, 5.41) is 9.18. The van der Waals surface area contributed by atoms with Crippen molar-refractivity contribution < 1.29 is 4.79 Å². The zero-order valence-corrected chi connectivity index (χ0v) is 16.0. The van der Waals surface area contributed by atoms with E-state index in [1.807, 2.05) is 36.9 Å². The number of aryl methyl sites for hydroxylation is 1. The zero-order chi connectivity index (χ0) is 17.8. The first kappa shape index (κ1) is 18.0. The Kier molecular flexibility index (Phi) is 5.78. The van der Waals surface area contributed by atoms with Crippen molar-refractivity contribution in [2.75, 3.05) is 13.1 Å². The maximum absolute atomic E-state index is 12.7. The fourth-order valence-electron chi connectivity index (χ4n) is 3.09. The summed E-state index contributed by atoms with van der Waals surface area (Å²) in [5.74, 6) is 1.81. The lowest BCUT2D eigenvalue weighted by atomic mass is 9.99. The van der Waals surface area contributed by atoms with Crippen molar-refractivity contribution in [3.8, 4) is 0 Å². The van der Waals surface area contributed by atoms with Crippen LogP contribution in [0, 0.1) is 12.8 Å². The van der Waals surface area contributed by atoms with Gasteiger partial charge in [0, 0.05) is 13.1 Å². The van der Waals surface area contributed by atoms with Crippen molar-refractivity contribution >= 4 is 17.7 Å². The van der Waals surface area contributed by atoms with E-state index in [1.165, 1.54) is 17.3 Å². The number of piperidine rings is 1. The molecule has 1 atom stereocenters. The van der Waals surface area contributed by atoms with Crippen LogP contribution in [-0.2, 0) is 11.3 Å². The zero-order valence-electron chi connectivity index (χ0n) is 15.2. The van der Waals surface area contributed by atoms with Crippen LogP contribution < -0.4 is 0 Å². The molecule has 6 heteroatoms. The van der Waals surface area contributed by atoms with Gasteiger partial charge in [0.15, 0.2) is 5.16 Å². The number of nitrogens with zero attached hydrogens (tertiary/aromatic N) is 4. The minimum Gasteiger partial charge on any atom is -0.342 e. The van der Waals surface area contributed by atoms with E-state index in [0.29, 0.717) is 0 Å². The van der Waals surface area contributed by atoms with Crippen LogP contribution in [0.2, 0.25) is 0 Å². The highest BCUT2D eigenvalue weighted by molar-refractivity contribution is 8.00. The fraction of sp³-hybridized carbons (Fsp3) is 0.526. The maximum Gasteiger partial charge on any atom is 0.235 e. The average molecular weight is 359 g/mol. The Bertz CT molecular complexity index is 707. The Labute approximate surface area is 153 Å². The maximum atomic E-state index is 12.7. The summed E-state index contributed by atoms with van der Waals surface area (Å²) in [6.45, 7) is 8.67. The number of thioether (sulfide) groups is 1. The molecule has 25 heavy (non-hydrogen) atoms. The smallest absolute Gasteiger partial charge is 0.235 e. The number of aromatic nitrogens is 3. The molecule has 0 aliphatic carbocycles. The quantitative estimate of drug-likeness (QED) is 0.769. The van der Waals surface area contributed by atoms with Gasteiger partial charge in [-0.3, -0.25) is 4.79 Å². The van der Waals surface area contributed by atoms with Crippen molar-refractivity contribution in [2.24, 2.45) is 5.92 Å². The molecule has 1 fully saturated rings. The van der Waals surface area contributed by atoms with Gasteiger partial charge in [0.1, 0.15) is 5.82 Å². The highest BCUT2D eigenvalue weighted by Crippen LogP contribution is 2.26. The molecule has 2 aromatic rings. The Hall–Kier alpha value is -1.82. The van der Waals surface area contributed by atoms with E-state index in [0.717, 1.165) is 49.4 Å². The summed E-state index contributed by atoms with van der Waals surface area (Å²) < 4.78 is 2.09. The lowest BCUT2D eigenvalue weighted by molar-refractivity contribution is -0.131. The number of rotatable bonds is 5. The van der Waals surface area contributed by atoms with Crippen LogP contribution in [0.1, 0.15) is 38.1 Å². The first-order valence-electron chi connectivity index (χ1n) is 8.93. The number of likely N-dealkylation sites (tertiary alicyclic amines) is 1. The summed E-state index contributed by atoms with van der Waals surface area (Å²) >= 11 is 1.51. The van der Waals surface area contributed by atoms with Gasteiger partial charge in [0.2, 0.25) is 5.91 Å². The van der Waals surface area contributed by atoms with Crippen molar-refractivity contribution in [3.05, 3.63) is 41.7 Å². The molecule has 1 unspecified atom stereocenters. The number of benzene rings is 1. The van der Waals surface area contributed by atoms with Gasteiger partial charge in [-0.05, 0) is 38.2 Å². The predicted octanol–water partition coefficient (Wildman–Crippen LogP) is 3.37. The summed E-state index contributed by atoms with van der Waals surface area (Å²) in [4.78, 5) is 14.7. The number of hydrogen-bond donors (Lipinski definition) is 0. The van der Waals surface area contributed by atoms with Crippen LogP contribution >= 0.6 is 11.8 Å². The normalized spacial score (nSPS) is 16.8. The third kappa shape index (κ3) is 4.42. The van der Waals surface area contributed by atoms with Gasteiger partial charge < -0.3 is 9.47 Å². The standard InChI is InChI=1S/C19H26N4OS/c1-14-9-11-22(12-10-14)18(24)15(2)25-19-21-20-16(3)23(19)13-17-7-5-4-6-8-17/h4-8,14-15H,9-13H2,1-3H3. The summed E-state index contributed by atoms with van der Waals surface area (Å²) in [7, 11) is 0. The molecule has 134 valence electrons. The van der Waals surface area contributed by atoms with Crippen LogP contribution in [0.3, 0.4) is 0 Å². The highest BCUT2D eigenvalue weighted by atomic mass is 32.2. The third-order valence-corrected chi connectivity index (χ3v) is 5.88. The van der Waals surface area contributed by atoms with Gasteiger partial charge in [-0.15, -0.1) is 10.2 Å². The van der Waals surface area contributed by atoms with E-state index in [-0.39, 0.29) is 11.2 Å². The number of carbonyl (C=O) groups is 1. The van der Waals surface area contributed by atoms with Gasteiger partial charge in [-0.2, -0.15) is 0 Å². The van der Waals surface area contributed by atoms with E-state index >= 15 is 0 Å². The average Bonchev–Trinajstić information content (AvgIpc) is 2.96. The van der Waals surface area contributed by atoms with Gasteiger partial charge in [-0.25, -0.2) is 0 Å². The molecular formula is C19H26N4OS. The Morgan fingerprint density at radius 2 is 1.92 bits per heavy atom. The van der Waals surface area contributed by atoms with Crippen molar-refractivity contribution in [3.63, 3.8) is 0 Å². The molecule has 0 N–H and O–H groups in total. The van der Waals surface area contributed by atoms with Gasteiger partial charge in [0.05, 0.1) is 11.8 Å². The topological polar surface area (TPSA) is 51.0 Å². The molecule has 0 bridgehead atoms. The van der Waals surface area contributed by atoms with Gasteiger partial charge in [0.25, 0.3) is 0 Å². The fourth-order valence-corrected chi connectivity index (χ4v) is 4.07. The van der Waals surface area contributed by atoms with E-state index in [9.17, 15) is 4.79 Å². The molecule has 0 saturated carbocycles. The van der Waals surface area contributed by atoms with Crippen LogP contribution in [0.15, 0.2) is 35.5 Å². The molecular weight excluding hydrogens is 332 g/mol. The minimum absolute atomic E-state index is 0.147. The molecule has 0 spiro atoms. The minimum atomic E-state index is -0.147. The van der Waals surface area contributed by atoms with Crippen molar-refractivity contribution in [1.29, 1.82) is 0 Å². The number of carbonyl (C=O) groups excluding carboxylic acids is 1.